The van der Waals surface area contributed by atoms with E-state index >= 15 is 0 Å². The summed E-state index contributed by atoms with van der Waals surface area (Å²) in [4.78, 5) is 4.83. The van der Waals surface area contributed by atoms with Gasteiger partial charge in [-0.2, -0.15) is 0 Å². The third-order valence-electron chi connectivity index (χ3n) is 10.5. The van der Waals surface area contributed by atoms with Crippen LogP contribution in [0.15, 0.2) is 194 Å². The monoisotopic (exact) mass is 638 g/mol. The summed E-state index contributed by atoms with van der Waals surface area (Å²) in [6.07, 6.45) is 7.80. The maximum atomic E-state index is 2.45. The van der Waals surface area contributed by atoms with Crippen LogP contribution in [-0.4, -0.2) is 0 Å². The van der Waals surface area contributed by atoms with Crippen LogP contribution >= 0.6 is 0 Å². The molecule has 1 aliphatic carbocycles. The molecule has 10 rings (SSSR count). The quantitative estimate of drug-likeness (QED) is 0.173. The minimum Gasteiger partial charge on any atom is -0.313 e. The smallest absolute Gasteiger partial charge is 0.0518 e. The first-order chi connectivity index (χ1) is 24.8. The second-order valence-electron chi connectivity index (χ2n) is 13.3. The summed E-state index contributed by atoms with van der Waals surface area (Å²) in [5.74, 6) is 0.364. The van der Waals surface area contributed by atoms with E-state index < -0.39 is 0 Å². The number of rotatable bonds is 5. The Morgan fingerprint density at radius 3 is 1.98 bits per heavy atom. The van der Waals surface area contributed by atoms with E-state index in [2.05, 4.69) is 198 Å². The molecule has 1 aliphatic heterocycles. The molecule has 8 aromatic rings. The van der Waals surface area contributed by atoms with Gasteiger partial charge >= 0.3 is 0 Å². The number of para-hydroxylation sites is 2. The highest BCUT2D eigenvalue weighted by Gasteiger charge is 2.35. The first-order valence-electron chi connectivity index (χ1n) is 17.5. The van der Waals surface area contributed by atoms with Gasteiger partial charge < -0.3 is 9.80 Å². The molecule has 2 aliphatic rings. The highest BCUT2D eigenvalue weighted by atomic mass is 15.2. The molecule has 1 unspecified atom stereocenters. The van der Waals surface area contributed by atoms with Crippen molar-refractivity contribution in [2.45, 2.75) is 12.3 Å². The van der Waals surface area contributed by atoms with Crippen LogP contribution in [0.4, 0.5) is 28.4 Å². The standard InChI is InChI=1S/C48H34N2/c1-3-15-36(16-4-1)49(39-28-30-43-42-21-11-12-22-46(42)50(47(43)32-39)37-17-5-2-6-18-37)38-26-23-34(24-27-38)45-31-35-14-8-10-20-41(35)48-40-19-9-7-13-33(40)25-29-44(45)48/h1-20,22-32,42H,21H2. The van der Waals surface area contributed by atoms with Crippen molar-refractivity contribution in [3.05, 3.63) is 199 Å². The number of anilines is 5. The Hall–Kier alpha value is -6.38. The first-order valence-corrected chi connectivity index (χ1v) is 17.5. The summed E-state index contributed by atoms with van der Waals surface area (Å²) >= 11 is 0. The summed E-state index contributed by atoms with van der Waals surface area (Å²) in [6.45, 7) is 0. The molecule has 1 atom stereocenters. The molecule has 0 saturated heterocycles. The van der Waals surface area contributed by atoms with Gasteiger partial charge in [-0.3, -0.25) is 0 Å². The van der Waals surface area contributed by atoms with E-state index in [1.165, 1.54) is 66.1 Å². The number of fused-ring (bicyclic) bond motifs is 8. The lowest BCUT2D eigenvalue weighted by atomic mass is 9.90. The molecule has 2 nitrogen and oxygen atoms in total. The molecular weight excluding hydrogens is 605 g/mol. The SMILES string of the molecule is C1=CCC2C(=C1)N(c1ccccc1)c1cc(N(c3ccccc3)c3ccc(-c4cc5ccccc5c5c4ccc4ccccc45)cc3)ccc12. The zero-order valence-electron chi connectivity index (χ0n) is 27.6. The molecule has 50 heavy (non-hydrogen) atoms. The number of benzene rings is 8. The topological polar surface area (TPSA) is 6.48 Å². The maximum Gasteiger partial charge on any atom is 0.0518 e. The Balaban J connectivity index is 1.11. The molecule has 0 radical (unpaired) electrons. The average molecular weight is 639 g/mol. The first kappa shape index (κ1) is 28.6. The fourth-order valence-electron chi connectivity index (χ4n) is 8.22. The largest absolute Gasteiger partial charge is 0.313 e. The normalized spacial score (nSPS) is 14.9. The van der Waals surface area contributed by atoms with Gasteiger partial charge in [0.2, 0.25) is 0 Å². The van der Waals surface area contributed by atoms with E-state index in [-0.39, 0.29) is 0 Å². The summed E-state index contributed by atoms with van der Waals surface area (Å²) < 4.78 is 0. The third-order valence-corrected chi connectivity index (χ3v) is 10.5. The zero-order chi connectivity index (χ0) is 33.0. The molecule has 236 valence electrons. The number of hydrogen-bond donors (Lipinski definition) is 0. The van der Waals surface area contributed by atoms with Crippen LogP contribution in [0.5, 0.6) is 0 Å². The van der Waals surface area contributed by atoms with Gasteiger partial charge in [0.25, 0.3) is 0 Å². The van der Waals surface area contributed by atoms with Crippen LogP contribution in [0, 0.1) is 0 Å². The van der Waals surface area contributed by atoms with Crippen molar-refractivity contribution in [1.82, 2.24) is 0 Å². The summed E-state index contributed by atoms with van der Waals surface area (Å²) in [5, 5.41) is 7.71. The van der Waals surface area contributed by atoms with Gasteiger partial charge in [0.05, 0.1) is 5.69 Å². The summed E-state index contributed by atoms with van der Waals surface area (Å²) in [6, 6.07) is 62.1. The average Bonchev–Trinajstić information content (AvgIpc) is 3.52. The molecule has 0 fully saturated rings. The Morgan fingerprint density at radius 2 is 1.18 bits per heavy atom. The molecule has 1 heterocycles. The van der Waals surface area contributed by atoms with Gasteiger partial charge in [0.15, 0.2) is 0 Å². The summed E-state index contributed by atoms with van der Waals surface area (Å²) in [7, 11) is 0. The Kier molecular flexibility index (Phi) is 6.67. The molecule has 0 saturated carbocycles. The van der Waals surface area contributed by atoms with Crippen molar-refractivity contribution < 1.29 is 0 Å². The van der Waals surface area contributed by atoms with Crippen LogP contribution < -0.4 is 9.80 Å². The Bertz CT molecular complexity index is 2600. The molecule has 0 amide bonds. The third kappa shape index (κ3) is 4.57. The van der Waals surface area contributed by atoms with Gasteiger partial charge in [0, 0.05) is 34.4 Å². The number of nitrogens with zero attached hydrogens (tertiary/aromatic N) is 2. The molecular formula is C48H34N2. The number of allylic oxidation sites excluding steroid dienone is 4. The molecule has 0 bridgehead atoms. The molecule has 0 spiro atoms. The molecule has 0 aromatic heterocycles. The highest BCUT2D eigenvalue weighted by Crippen LogP contribution is 2.52. The van der Waals surface area contributed by atoms with Gasteiger partial charge in [-0.05, 0) is 116 Å². The van der Waals surface area contributed by atoms with Crippen LogP contribution in [0.1, 0.15) is 17.9 Å². The minimum atomic E-state index is 0.364. The van der Waals surface area contributed by atoms with Crippen molar-refractivity contribution in [2.75, 3.05) is 9.80 Å². The van der Waals surface area contributed by atoms with Crippen molar-refractivity contribution in [3.8, 4) is 11.1 Å². The van der Waals surface area contributed by atoms with Crippen molar-refractivity contribution in [1.29, 1.82) is 0 Å². The van der Waals surface area contributed by atoms with Gasteiger partial charge in [-0.25, -0.2) is 0 Å². The Labute approximate surface area is 292 Å². The second-order valence-corrected chi connectivity index (χ2v) is 13.3. The van der Waals surface area contributed by atoms with E-state index in [1.807, 2.05) is 0 Å². The lowest BCUT2D eigenvalue weighted by Gasteiger charge is -2.28. The van der Waals surface area contributed by atoms with Crippen LogP contribution in [0.2, 0.25) is 0 Å². The van der Waals surface area contributed by atoms with E-state index in [4.69, 9.17) is 0 Å². The van der Waals surface area contributed by atoms with Crippen LogP contribution in [-0.2, 0) is 0 Å². The van der Waals surface area contributed by atoms with E-state index in [1.54, 1.807) is 0 Å². The van der Waals surface area contributed by atoms with E-state index in [0.29, 0.717) is 5.92 Å². The molecule has 8 aromatic carbocycles. The molecule has 2 heteroatoms. The fraction of sp³-hybridized carbons (Fsp3) is 0.0417. The van der Waals surface area contributed by atoms with Crippen molar-refractivity contribution in [2.24, 2.45) is 0 Å². The second kappa shape index (κ2) is 11.6. The van der Waals surface area contributed by atoms with E-state index in [9.17, 15) is 0 Å². The zero-order valence-corrected chi connectivity index (χ0v) is 27.6. The lowest BCUT2D eigenvalue weighted by molar-refractivity contribution is 0.819. The van der Waals surface area contributed by atoms with Crippen molar-refractivity contribution >= 4 is 60.8 Å². The van der Waals surface area contributed by atoms with Gasteiger partial charge in [-0.1, -0.05) is 127 Å². The predicted molar refractivity (Wildman–Crippen MR) is 212 cm³/mol. The van der Waals surface area contributed by atoms with Gasteiger partial charge in [-0.15, -0.1) is 0 Å². The number of hydrogen-bond acceptors (Lipinski definition) is 2. The highest BCUT2D eigenvalue weighted by molar-refractivity contribution is 6.24. The maximum absolute atomic E-state index is 2.45. The summed E-state index contributed by atoms with van der Waals surface area (Å²) in [5.41, 5.74) is 11.0. The van der Waals surface area contributed by atoms with Crippen molar-refractivity contribution in [3.63, 3.8) is 0 Å². The van der Waals surface area contributed by atoms with Crippen LogP contribution in [0.25, 0.3) is 43.4 Å². The fourth-order valence-corrected chi connectivity index (χ4v) is 8.22. The minimum absolute atomic E-state index is 0.364. The van der Waals surface area contributed by atoms with E-state index in [0.717, 1.165) is 23.5 Å². The Morgan fingerprint density at radius 1 is 0.520 bits per heavy atom. The lowest BCUT2D eigenvalue weighted by Crippen LogP contribution is -2.15. The molecule has 0 N–H and O–H groups in total. The van der Waals surface area contributed by atoms with Crippen LogP contribution in [0.3, 0.4) is 0 Å². The van der Waals surface area contributed by atoms with Gasteiger partial charge in [0.1, 0.15) is 0 Å². The predicted octanol–water partition coefficient (Wildman–Crippen LogP) is 13.4.